The summed E-state index contributed by atoms with van der Waals surface area (Å²) in [6, 6.07) is 7.76. The lowest BCUT2D eigenvalue weighted by Gasteiger charge is -2.45. The number of hydrogen-bond donors (Lipinski definition) is 0. The average Bonchev–Trinajstić information content (AvgIpc) is 3.25. The van der Waals surface area contributed by atoms with Crippen LogP contribution in [-0.4, -0.2) is 81.0 Å². The van der Waals surface area contributed by atoms with E-state index >= 15 is 0 Å². The van der Waals surface area contributed by atoms with Gasteiger partial charge in [0.15, 0.2) is 0 Å². The fourth-order valence-corrected chi connectivity index (χ4v) is 4.51. The van der Waals surface area contributed by atoms with E-state index in [1.165, 1.54) is 4.90 Å². The number of amides is 2. The SMILES string of the molecule is CCn1cc(CN(C)C(=O)[C@@H]2CC(F)(F)CN2C2CN(C(=O)c3ccccc3)C2)c(C)n1. The van der Waals surface area contributed by atoms with Crippen LogP contribution in [0.3, 0.4) is 0 Å². The molecule has 1 atom stereocenters. The van der Waals surface area contributed by atoms with Gasteiger partial charge in [-0.25, -0.2) is 8.78 Å². The summed E-state index contributed by atoms with van der Waals surface area (Å²) < 4.78 is 30.5. The van der Waals surface area contributed by atoms with E-state index in [0.29, 0.717) is 25.2 Å². The average molecular weight is 446 g/mol. The maximum absolute atomic E-state index is 14.3. The van der Waals surface area contributed by atoms with Gasteiger partial charge >= 0.3 is 0 Å². The second kappa shape index (κ2) is 8.61. The van der Waals surface area contributed by atoms with Gasteiger partial charge in [-0.1, -0.05) is 18.2 Å². The van der Waals surface area contributed by atoms with E-state index < -0.39 is 24.9 Å². The van der Waals surface area contributed by atoms with Crippen molar-refractivity contribution in [3.8, 4) is 0 Å². The van der Waals surface area contributed by atoms with Crippen molar-refractivity contribution in [2.24, 2.45) is 0 Å². The number of aryl methyl sites for hydroxylation is 2. The smallest absolute Gasteiger partial charge is 0.262 e. The molecule has 0 unspecified atom stereocenters. The molecule has 32 heavy (non-hydrogen) atoms. The minimum absolute atomic E-state index is 0.115. The number of nitrogens with zero attached hydrogens (tertiary/aromatic N) is 5. The van der Waals surface area contributed by atoms with E-state index in [1.807, 2.05) is 26.1 Å². The Kier molecular flexibility index (Phi) is 6.03. The highest BCUT2D eigenvalue weighted by atomic mass is 19.3. The lowest BCUT2D eigenvalue weighted by atomic mass is 10.0. The van der Waals surface area contributed by atoms with Gasteiger partial charge in [0.05, 0.1) is 18.3 Å². The van der Waals surface area contributed by atoms with E-state index in [9.17, 15) is 18.4 Å². The van der Waals surface area contributed by atoms with Crippen molar-refractivity contribution in [1.29, 1.82) is 0 Å². The fraction of sp³-hybridized carbons (Fsp3) is 0.522. The number of likely N-dealkylation sites (tertiary alicyclic amines) is 2. The van der Waals surface area contributed by atoms with E-state index in [4.69, 9.17) is 0 Å². The first kappa shape index (κ1) is 22.4. The third-order valence-electron chi connectivity index (χ3n) is 6.39. The van der Waals surface area contributed by atoms with Crippen molar-refractivity contribution < 1.29 is 18.4 Å². The van der Waals surface area contributed by atoms with E-state index in [2.05, 4.69) is 5.10 Å². The van der Waals surface area contributed by atoms with Gasteiger partial charge in [-0.3, -0.25) is 19.2 Å². The maximum Gasteiger partial charge on any atom is 0.262 e. The molecule has 3 heterocycles. The van der Waals surface area contributed by atoms with E-state index in [1.54, 1.807) is 45.8 Å². The van der Waals surface area contributed by atoms with Gasteiger partial charge in [-0.15, -0.1) is 0 Å². The van der Waals surface area contributed by atoms with E-state index in [0.717, 1.165) is 17.8 Å². The van der Waals surface area contributed by atoms with Crippen LogP contribution in [0.5, 0.6) is 0 Å². The Labute approximate surface area is 186 Å². The molecule has 2 fully saturated rings. The molecule has 2 aliphatic heterocycles. The summed E-state index contributed by atoms with van der Waals surface area (Å²) in [4.78, 5) is 30.5. The lowest BCUT2D eigenvalue weighted by Crippen LogP contribution is -2.63. The van der Waals surface area contributed by atoms with Crippen LogP contribution >= 0.6 is 0 Å². The summed E-state index contributed by atoms with van der Waals surface area (Å²) in [5.41, 5.74) is 2.31. The standard InChI is InChI=1S/C23H29F2N5O2/c1-4-29-12-18(16(2)26-29)11-27(3)22(32)20-10-23(24,25)15-30(20)19-13-28(14-19)21(31)17-8-6-5-7-9-17/h5-9,12,19-20H,4,10-11,13-15H2,1-3H3/t20-/m0/s1. The quantitative estimate of drug-likeness (QED) is 0.685. The van der Waals surface area contributed by atoms with Crippen molar-refractivity contribution in [2.75, 3.05) is 26.7 Å². The minimum atomic E-state index is -2.92. The molecule has 2 aromatic rings. The summed E-state index contributed by atoms with van der Waals surface area (Å²) in [5, 5.41) is 4.39. The molecule has 4 rings (SSSR count). The second-order valence-electron chi connectivity index (χ2n) is 8.77. The van der Waals surface area contributed by atoms with Crippen LogP contribution in [0.15, 0.2) is 36.5 Å². The molecule has 9 heteroatoms. The van der Waals surface area contributed by atoms with Gasteiger partial charge in [0.1, 0.15) is 0 Å². The Bertz CT molecular complexity index is 988. The van der Waals surface area contributed by atoms with Crippen molar-refractivity contribution in [1.82, 2.24) is 24.5 Å². The highest BCUT2D eigenvalue weighted by Gasteiger charge is 2.53. The summed E-state index contributed by atoms with van der Waals surface area (Å²) in [5.74, 6) is -3.36. The minimum Gasteiger partial charge on any atom is -0.340 e. The summed E-state index contributed by atoms with van der Waals surface area (Å²) >= 11 is 0. The number of benzene rings is 1. The van der Waals surface area contributed by atoms with Gasteiger partial charge in [-0.2, -0.15) is 5.10 Å². The summed E-state index contributed by atoms with van der Waals surface area (Å²) in [6.07, 6.45) is 1.39. The molecule has 0 N–H and O–H groups in total. The molecule has 0 bridgehead atoms. The predicted octanol–water partition coefficient (Wildman–Crippen LogP) is 2.40. The van der Waals surface area contributed by atoms with Crippen LogP contribution in [0.1, 0.15) is 35.0 Å². The molecular weight excluding hydrogens is 416 g/mol. The fourth-order valence-electron chi connectivity index (χ4n) is 4.51. The maximum atomic E-state index is 14.3. The lowest BCUT2D eigenvalue weighted by molar-refractivity contribution is -0.137. The first-order valence-corrected chi connectivity index (χ1v) is 10.9. The molecule has 1 aromatic carbocycles. The topological polar surface area (TPSA) is 61.7 Å². The van der Waals surface area contributed by atoms with Gasteiger partial charge in [0.2, 0.25) is 5.91 Å². The molecule has 2 aliphatic rings. The number of carbonyl (C=O) groups is 2. The Balaban J connectivity index is 1.41. The Morgan fingerprint density at radius 1 is 1.22 bits per heavy atom. The van der Waals surface area contributed by atoms with Crippen molar-refractivity contribution in [3.63, 3.8) is 0 Å². The van der Waals surface area contributed by atoms with Gasteiger partial charge < -0.3 is 9.80 Å². The normalized spacial score (nSPS) is 20.9. The first-order chi connectivity index (χ1) is 15.2. The molecule has 0 radical (unpaired) electrons. The van der Waals surface area contributed by atoms with Crippen LogP contribution in [0.2, 0.25) is 0 Å². The van der Waals surface area contributed by atoms with Crippen LogP contribution < -0.4 is 0 Å². The number of aromatic nitrogens is 2. The zero-order valence-corrected chi connectivity index (χ0v) is 18.7. The van der Waals surface area contributed by atoms with Crippen molar-refractivity contribution in [3.05, 3.63) is 53.3 Å². The van der Waals surface area contributed by atoms with Gasteiger partial charge in [-0.05, 0) is 26.0 Å². The zero-order chi connectivity index (χ0) is 23.0. The molecule has 2 amide bonds. The van der Waals surface area contributed by atoms with Crippen LogP contribution in [0.4, 0.5) is 8.78 Å². The third-order valence-corrected chi connectivity index (χ3v) is 6.39. The molecule has 0 saturated carbocycles. The Morgan fingerprint density at radius 2 is 1.91 bits per heavy atom. The number of alkyl halides is 2. The van der Waals surface area contributed by atoms with Crippen molar-refractivity contribution in [2.45, 2.75) is 51.4 Å². The number of halogens is 2. The Morgan fingerprint density at radius 3 is 2.53 bits per heavy atom. The number of rotatable bonds is 6. The molecule has 1 aromatic heterocycles. The highest BCUT2D eigenvalue weighted by molar-refractivity contribution is 5.94. The Hall–Kier alpha value is -2.81. The van der Waals surface area contributed by atoms with Crippen LogP contribution in [-0.2, 0) is 17.9 Å². The predicted molar refractivity (Wildman–Crippen MR) is 115 cm³/mol. The zero-order valence-electron chi connectivity index (χ0n) is 18.7. The third kappa shape index (κ3) is 4.39. The summed E-state index contributed by atoms with van der Waals surface area (Å²) in [6.45, 7) is 5.14. The number of likely N-dealkylation sites (N-methyl/N-ethyl adjacent to an activating group) is 1. The van der Waals surface area contributed by atoms with Crippen LogP contribution in [0.25, 0.3) is 0 Å². The summed E-state index contributed by atoms with van der Waals surface area (Å²) in [7, 11) is 1.64. The second-order valence-corrected chi connectivity index (χ2v) is 8.77. The number of carbonyl (C=O) groups excluding carboxylic acids is 2. The number of hydrogen-bond acceptors (Lipinski definition) is 4. The molecule has 7 nitrogen and oxygen atoms in total. The van der Waals surface area contributed by atoms with Gasteiger partial charge in [0, 0.05) is 63.0 Å². The van der Waals surface area contributed by atoms with E-state index in [-0.39, 0.29) is 17.9 Å². The molecular formula is C23H29F2N5O2. The monoisotopic (exact) mass is 445 g/mol. The first-order valence-electron chi connectivity index (χ1n) is 10.9. The largest absolute Gasteiger partial charge is 0.340 e. The van der Waals surface area contributed by atoms with Gasteiger partial charge in [0.25, 0.3) is 11.8 Å². The molecule has 172 valence electrons. The molecule has 0 aliphatic carbocycles. The highest BCUT2D eigenvalue weighted by Crippen LogP contribution is 2.36. The van der Waals surface area contributed by atoms with Crippen LogP contribution in [0, 0.1) is 6.92 Å². The van der Waals surface area contributed by atoms with Crippen molar-refractivity contribution >= 4 is 11.8 Å². The molecule has 2 saturated heterocycles. The molecule has 0 spiro atoms.